The van der Waals surface area contributed by atoms with Crippen LogP contribution >= 0.6 is 0 Å². The molecule has 0 rings (SSSR count). The van der Waals surface area contributed by atoms with Gasteiger partial charge in [0, 0.05) is 0 Å². The van der Waals surface area contributed by atoms with Gasteiger partial charge in [0.05, 0.1) is 20.1 Å². The fourth-order valence-corrected chi connectivity index (χ4v) is 0.535. The van der Waals surface area contributed by atoms with Crippen LogP contribution < -0.4 is 5.73 Å². The number of primary amides is 1. The second-order valence-electron chi connectivity index (χ2n) is 2.37. The van der Waals surface area contributed by atoms with Gasteiger partial charge in [0.2, 0.25) is 0 Å². The molecule has 0 unspecified atom stereocenters. The lowest BCUT2D eigenvalue weighted by atomic mass is 10.4. The Labute approximate surface area is 56.0 Å². The number of rotatable bonds is 2. The van der Waals surface area contributed by atoms with Gasteiger partial charge < -0.3 is 5.73 Å². The minimum absolute atomic E-state index is 0.250. The molecular weight excluding hydrogens is 116 g/mol. The SMILES string of the molecule is CC[N+](C)(CC)C(N)=O. The van der Waals surface area contributed by atoms with Crippen LogP contribution in [0.1, 0.15) is 13.8 Å². The van der Waals surface area contributed by atoms with Crippen molar-refractivity contribution < 1.29 is 9.28 Å². The zero-order chi connectivity index (χ0) is 7.49. The molecule has 0 aliphatic heterocycles. The van der Waals surface area contributed by atoms with E-state index >= 15 is 0 Å². The van der Waals surface area contributed by atoms with Crippen LogP contribution in [-0.2, 0) is 0 Å². The second kappa shape index (κ2) is 2.82. The summed E-state index contributed by atoms with van der Waals surface area (Å²) in [6.45, 7) is 5.44. The van der Waals surface area contributed by atoms with Gasteiger partial charge >= 0.3 is 6.03 Å². The van der Waals surface area contributed by atoms with E-state index in [1.54, 1.807) is 0 Å². The van der Waals surface area contributed by atoms with Crippen LogP contribution in [0.25, 0.3) is 0 Å². The molecule has 0 aromatic carbocycles. The van der Waals surface area contributed by atoms with E-state index in [1.165, 1.54) is 0 Å². The third-order valence-corrected chi connectivity index (χ3v) is 1.93. The topological polar surface area (TPSA) is 43.1 Å². The predicted molar refractivity (Wildman–Crippen MR) is 36.8 cm³/mol. The summed E-state index contributed by atoms with van der Waals surface area (Å²) in [6, 6.07) is -0.250. The summed E-state index contributed by atoms with van der Waals surface area (Å²) in [6.07, 6.45) is 0. The molecule has 0 aliphatic carbocycles. The molecule has 0 radical (unpaired) electrons. The maximum Gasteiger partial charge on any atom is 0.413 e. The van der Waals surface area contributed by atoms with Gasteiger partial charge in [0.15, 0.2) is 0 Å². The van der Waals surface area contributed by atoms with Crippen LogP contribution in [-0.4, -0.2) is 30.7 Å². The summed E-state index contributed by atoms with van der Waals surface area (Å²) < 4.78 is 0.333. The number of amides is 2. The molecule has 0 aromatic heterocycles. The number of carbonyl (C=O) groups is 1. The number of quaternary nitrogens is 1. The smallest absolute Gasteiger partial charge is 0.319 e. The Morgan fingerprint density at radius 2 is 1.78 bits per heavy atom. The highest BCUT2D eigenvalue weighted by atomic mass is 16.2. The number of carbonyl (C=O) groups excluding carboxylic acids is 1. The van der Waals surface area contributed by atoms with Crippen molar-refractivity contribution in [3.8, 4) is 0 Å². The van der Waals surface area contributed by atoms with Crippen molar-refractivity contribution in [3.05, 3.63) is 0 Å². The largest absolute Gasteiger partial charge is 0.413 e. The van der Waals surface area contributed by atoms with Crippen molar-refractivity contribution in [2.24, 2.45) is 5.73 Å². The zero-order valence-corrected chi connectivity index (χ0v) is 6.35. The maximum atomic E-state index is 10.7. The Morgan fingerprint density at radius 3 is 1.78 bits per heavy atom. The van der Waals surface area contributed by atoms with Gasteiger partial charge in [-0.3, -0.25) is 0 Å². The number of hydrogen-bond donors (Lipinski definition) is 1. The second-order valence-corrected chi connectivity index (χ2v) is 2.37. The molecule has 2 N–H and O–H groups in total. The summed E-state index contributed by atoms with van der Waals surface area (Å²) in [5.41, 5.74) is 5.13. The molecule has 0 fully saturated rings. The first-order chi connectivity index (χ1) is 4.06. The molecule has 0 saturated heterocycles. The van der Waals surface area contributed by atoms with E-state index < -0.39 is 0 Å². The van der Waals surface area contributed by atoms with E-state index in [2.05, 4.69) is 0 Å². The minimum atomic E-state index is -0.250. The normalized spacial score (nSPS) is 11.4. The van der Waals surface area contributed by atoms with Crippen molar-refractivity contribution in [3.63, 3.8) is 0 Å². The van der Waals surface area contributed by atoms with Crippen molar-refractivity contribution in [1.29, 1.82) is 0 Å². The van der Waals surface area contributed by atoms with Crippen LogP contribution in [0.5, 0.6) is 0 Å². The Morgan fingerprint density at radius 1 is 1.44 bits per heavy atom. The molecule has 0 heterocycles. The number of nitrogens with two attached hydrogens (primary N) is 1. The van der Waals surface area contributed by atoms with Crippen molar-refractivity contribution >= 4 is 6.03 Å². The molecule has 0 saturated carbocycles. The van der Waals surface area contributed by atoms with Crippen LogP contribution in [0.15, 0.2) is 0 Å². The Balaban J connectivity index is 4.09. The van der Waals surface area contributed by atoms with Crippen LogP contribution in [0.2, 0.25) is 0 Å². The average Bonchev–Trinajstić information content (AvgIpc) is 1.86. The molecule has 0 spiro atoms. The molecule has 3 nitrogen and oxygen atoms in total. The lowest BCUT2D eigenvalue weighted by molar-refractivity contribution is -0.825. The van der Waals surface area contributed by atoms with E-state index in [4.69, 9.17) is 5.73 Å². The lowest BCUT2D eigenvalue weighted by Gasteiger charge is -2.25. The highest BCUT2D eigenvalue weighted by molar-refractivity contribution is 5.64. The molecular formula is C6H15N2O+. The summed E-state index contributed by atoms with van der Waals surface area (Å²) in [4.78, 5) is 10.7. The Kier molecular flexibility index (Phi) is 2.65. The monoisotopic (exact) mass is 131 g/mol. The molecule has 3 heteroatoms. The third kappa shape index (κ3) is 1.68. The van der Waals surface area contributed by atoms with E-state index in [0.29, 0.717) is 4.48 Å². The van der Waals surface area contributed by atoms with Gasteiger partial charge in [-0.2, -0.15) is 0 Å². The Bertz CT molecular complexity index is 108. The van der Waals surface area contributed by atoms with Gasteiger partial charge in [0.25, 0.3) is 0 Å². The van der Waals surface area contributed by atoms with E-state index in [0.717, 1.165) is 13.1 Å². The minimum Gasteiger partial charge on any atom is -0.319 e. The molecule has 9 heavy (non-hydrogen) atoms. The highest BCUT2D eigenvalue weighted by Crippen LogP contribution is 1.98. The lowest BCUT2D eigenvalue weighted by Crippen LogP contribution is -2.52. The summed E-state index contributed by atoms with van der Waals surface area (Å²) in [5.74, 6) is 0. The van der Waals surface area contributed by atoms with E-state index in [9.17, 15) is 4.79 Å². The molecule has 0 bridgehead atoms. The van der Waals surface area contributed by atoms with Crippen LogP contribution in [0.3, 0.4) is 0 Å². The highest BCUT2D eigenvalue weighted by Gasteiger charge is 2.23. The van der Waals surface area contributed by atoms with Crippen molar-refractivity contribution in [2.45, 2.75) is 13.8 Å². The van der Waals surface area contributed by atoms with Gasteiger partial charge in [-0.25, -0.2) is 9.28 Å². The standard InChI is InChI=1S/C6H14N2O/c1-4-8(3,5-2)6(7)9/h4-5H2,1-3H3,(H-,7,9)/p+1. The van der Waals surface area contributed by atoms with Crippen LogP contribution in [0, 0.1) is 0 Å². The van der Waals surface area contributed by atoms with Gasteiger partial charge in [-0.1, -0.05) is 0 Å². The number of urea groups is 1. The van der Waals surface area contributed by atoms with Gasteiger partial charge in [0.1, 0.15) is 0 Å². The van der Waals surface area contributed by atoms with Crippen molar-refractivity contribution in [1.82, 2.24) is 0 Å². The fraction of sp³-hybridized carbons (Fsp3) is 0.833. The molecule has 0 atom stereocenters. The quantitative estimate of drug-likeness (QED) is 0.546. The zero-order valence-electron chi connectivity index (χ0n) is 6.35. The molecule has 2 amide bonds. The number of nitrogens with zero attached hydrogens (tertiary/aromatic N) is 1. The summed E-state index contributed by atoms with van der Waals surface area (Å²) >= 11 is 0. The molecule has 0 aliphatic rings. The fourth-order valence-electron chi connectivity index (χ4n) is 0.535. The first-order valence-corrected chi connectivity index (χ1v) is 3.21. The number of hydrogen-bond acceptors (Lipinski definition) is 1. The first-order valence-electron chi connectivity index (χ1n) is 3.21. The summed E-state index contributed by atoms with van der Waals surface area (Å²) in [7, 11) is 1.84. The average molecular weight is 131 g/mol. The summed E-state index contributed by atoms with van der Waals surface area (Å²) in [5, 5.41) is 0. The first kappa shape index (κ1) is 8.43. The molecule has 0 aromatic rings. The Hall–Kier alpha value is -0.570. The maximum absolute atomic E-state index is 10.7. The van der Waals surface area contributed by atoms with Crippen LogP contribution in [0.4, 0.5) is 4.79 Å². The van der Waals surface area contributed by atoms with Gasteiger partial charge in [-0.15, -0.1) is 0 Å². The molecule has 54 valence electrons. The predicted octanol–water partition coefficient (Wildman–Crippen LogP) is 0.551. The third-order valence-electron chi connectivity index (χ3n) is 1.93. The van der Waals surface area contributed by atoms with Crippen molar-refractivity contribution in [2.75, 3.05) is 20.1 Å². The van der Waals surface area contributed by atoms with Gasteiger partial charge in [-0.05, 0) is 13.8 Å². The van der Waals surface area contributed by atoms with E-state index in [1.807, 2.05) is 20.9 Å². The van der Waals surface area contributed by atoms with E-state index in [-0.39, 0.29) is 6.03 Å².